The molecule has 2 amide bonds. The minimum atomic E-state index is -0.457. The van der Waals surface area contributed by atoms with Gasteiger partial charge >= 0.3 is 0 Å². The molecule has 0 aliphatic heterocycles. The van der Waals surface area contributed by atoms with E-state index >= 15 is 0 Å². The van der Waals surface area contributed by atoms with E-state index in [1.165, 1.54) is 12.1 Å². The van der Waals surface area contributed by atoms with Crippen molar-refractivity contribution >= 4 is 17.9 Å². The van der Waals surface area contributed by atoms with E-state index < -0.39 is 11.7 Å². The average molecular weight is 354 g/mol. The predicted molar refractivity (Wildman–Crippen MR) is 101 cm³/mol. The van der Waals surface area contributed by atoms with Crippen LogP contribution in [-0.4, -0.2) is 29.8 Å². The van der Waals surface area contributed by atoms with Gasteiger partial charge < -0.3 is 10.2 Å². The largest absolute Gasteiger partial charge is 0.338 e. The maximum atomic E-state index is 14.0. The molecule has 2 aromatic rings. The fraction of sp³-hybridized carbons (Fsp3) is 0.238. The molecule has 2 rings (SSSR count). The van der Waals surface area contributed by atoms with Crippen molar-refractivity contribution in [2.45, 2.75) is 20.8 Å². The molecule has 0 radical (unpaired) electrons. The molecule has 0 saturated heterocycles. The molecule has 0 atom stereocenters. The number of nitrogens with zero attached hydrogens (tertiary/aromatic N) is 1. The topological polar surface area (TPSA) is 49.4 Å². The zero-order chi connectivity index (χ0) is 19.1. The summed E-state index contributed by atoms with van der Waals surface area (Å²) in [6.07, 6.45) is 1.38. The van der Waals surface area contributed by atoms with E-state index in [1.54, 1.807) is 35.2 Å². The fourth-order valence-electron chi connectivity index (χ4n) is 2.48. The molecule has 26 heavy (non-hydrogen) atoms. The Hall–Kier alpha value is -2.95. The highest BCUT2D eigenvalue weighted by molar-refractivity contribution is 6.05. The molecule has 0 spiro atoms. The van der Waals surface area contributed by atoms with Gasteiger partial charge in [-0.15, -0.1) is 0 Å². The summed E-state index contributed by atoms with van der Waals surface area (Å²) in [5.41, 5.74) is 1.75. The van der Waals surface area contributed by atoms with Crippen LogP contribution in [0.25, 0.3) is 6.08 Å². The molecule has 0 heterocycles. The van der Waals surface area contributed by atoms with Crippen LogP contribution in [-0.2, 0) is 4.79 Å². The number of benzene rings is 2. The molecule has 4 nitrogen and oxygen atoms in total. The first-order chi connectivity index (χ1) is 12.5. The van der Waals surface area contributed by atoms with E-state index in [9.17, 15) is 14.0 Å². The van der Waals surface area contributed by atoms with E-state index in [0.29, 0.717) is 18.7 Å². The summed E-state index contributed by atoms with van der Waals surface area (Å²) in [7, 11) is 0. The molecule has 5 heteroatoms. The Morgan fingerprint density at radius 2 is 1.65 bits per heavy atom. The second kappa shape index (κ2) is 8.94. The number of carbonyl (C=O) groups is 2. The first kappa shape index (κ1) is 19.4. The summed E-state index contributed by atoms with van der Waals surface area (Å²) in [5.74, 6) is -1.21. The smallest absolute Gasteiger partial charge is 0.270 e. The van der Waals surface area contributed by atoms with Gasteiger partial charge in [-0.25, -0.2) is 4.39 Å². The molecule has 0 unspecified atom stereocenters. The summed E-state index contributed by atoms with van der Waals surface area (Å²) >= 11 is 0. The Balaban J connectivity index is 2.37. The number of carbonyl (C=O) groups excluding carboxylic acids is 2. The Kier molecular flexibility index (Phi) is 6.67. The summed E-state index contributed by atoms with van der Waals surface area (Å²) in [6.45, 7) is 6.61. The quantitative estimate of drug-likeness (QED) is 0.803. The van der Waals surface area contributed by atoms with Crippen molar-refractivity contribution in [3.63, 3.8) is 0 Å². The second-order valence-electron chi connectivity index (χ2n) is 5.88. The first-order valence-corrected chi connectivity index (χ1v) is 8.59. The van der Waals surface area contributed by atoms with Crippen molar-refractivity contribution < 1.29 is 14.0 Å². The number of aryl methyl sites for hydroxylation is 1. The Morgan fingerprint density at radius 3 is 2.23 bits per heavy atom. The van der Waals surface area contributed by atoms with E-state index in [2.05, 4.69) is 5.32 Å². The number of hydrogen-bond acceptors (Lipinski definition) is 2. The van der Waals surface area contributed by atoms with Gasteiger partial charge in [0.2, 0.25) is 0 Å². The van der Waals surface area contributed by atoms with Crippen LogP contribution in [0, 0.1) is 12.7 Å². The Bertz CT molecular complexity index is 809. The van der Waals surface area contributed by atoms with Crippen molar-refractivity contribution in [2.75, 3.05) is 13.1 Å². The van der Waals surface area contributed by atoms with Gasteiger partial charge in [0, 0.05) is 24.2 Å². The third-order valence-electron chi connectivity index (χ3n) is 4.05. The van der Waals surface area contributed by atoms with E-state index in [0.717, 1.165) is 5.56 Å². The standard InChI is InChI=1S/C21H23FN2O2/c1-4-24(5-2)21(26)19(14-17-8-6-7-9-18(17)22)23-20(25)16-12-10-15(3)11-13-16/h6-14H,4-5H2,1-3H3,(H,23,25)/b19-14-. The van der Waals surface area contributed by atoms with Gasteiger partial charge in [-0.2, -0.15) is 0 Å². The number of rotatable bonds is 6. The lowest BCUT2D eigenvalue weighted by molar-refractivity contribution is -0.127. The number of hydrogen-bond donors (Lipinski definition) is 1. The zero-order valence-electron chi connectivity index (χ0n) is 15.3. The van der Waals surface area contributed by atoms with Gasteiger partial charge in [0.15, 0.2) is 0 Å². The third-order valence-corrected chi connectivity index (χ3v) is 4.05. The van der Waals surface area contributed by atoms with Crippen molar-refractivity contribution in [1.82, 2.24) is 10.2 Å². The van der Waals surface area contributed by atoms with E-state index in [1.807, 2.05) is 32.9 Å². The number of amides is 2. The van der Waals surface area contributed by atoms with Gasteiger partial charge in [-0.3, -0.25) is 9.59 Å². The van der Waals surface area contributed by atoms with Gasteiger partial charge in [-0.05, 0) is 45.0 Å². The maximum Gasteiger partial charge on any atom is 0.270 e. The lowest BCUT2D eigenvalue weighted by Crippen LogP contribution is -2.38. The van der Waals surface area contributed by atoms with Crippen LogP contribution in [0.3, 0.4) is 0 Å². The highest BCUT2D eigenvalue weighted by atomic mass is 19.1. The SMILES string of the molecule is CCN(CC)C(=O)/C(=C/c1ccccc1F)NC(=O)c1ccc(C)cc1. The minimum Gasteiger partial charge on any atom is -0.338 e. The fourth-order valence-corrected chi connectivity index (χ4v) is 2.48. The minimum absolute atomic E-state index is 0.0457. The lowest BCUT2D eigenvalue weighted by Gasteiger charge is -2.21. The second-order valence-corrected chi connectivity index (χ2v) is 5.88. The molecule has 0 aliphatic rings. The normalized spacial score (nSPS) is 11.2. The molecule has 0 saturated carbocycles. The first-order valence-electron chi connectivity index (χ1n) is 8.59. The monoisotopic (exact) mass is 354 g/mol. The van der Waals surface area contributed by atoms with Crippen molar-refractivity contribution in [3.8, 4) is 0 Å². The van der Waals surface area contributed by atoms with Gasteiger partial charge in [0.1, 0.15) is 11.5 Å². The molecule has 0 bridgehead atoms. The van der Waals surface area contributed by atoms with Crippen molar-refractivity contribution in [1.29, 1.82) is 0 Å². The molecular weight excluding hydrogens is 331 g/mol. The van der Waals surface area contributed by atoms with Crippen LogP contribution in [0.4, 0.5) is 4.39 Å². The lowest BCUT2D eigenvalue weighted by atomic mass is 10.1. The van der Waals surface area contributed by atoms with Crippen molar-refractivity contribution in [2.24, 2.45) is 0 Å². The summed E-state index contributed by atoms with van der Waals surface area (Å²) < 4.78 is 14.0. The van der Waals surface area contributed by atoms with Gasteiger partial charge in [0.05, 0.1) is 0 Å². The average Bonchev–Trinajstić information content (AvgIpc) is 2.64. The highest BCUT2D eigenvalue weighted by Crippen LogP contribution is 2.13. The van der Waals surface area contributed by atoms with Gasteiger partial charge in [0.25, 0.3) is 11.8 Å². The maximum absolute atomic E-state index is 14.0. The predicted octanol–water partition coefficient (Wildman–Crippen LogP) is 3.77. The van der Waals surface area contributed by atoms with E-state index in [-0.39, 0.29) is 17.2 Å². The molecule has 0 fully saturated rings. The molecule has 136 valence electrons. The molecular formula is C21H23FN2O2. The highest BCUT2D eigenvalue weighted by Gasteiger charge is 2.19. The van der Waals surface area contributed by atoms with Crippen LogP contribution in [0.1, 0.15) is 35.3 Å². The Morgan fingerprint density at radius 1 is 1.04 bits per heavy atom. The molecule has 0 aromatic heterocycles. The number of nitrogens with one attached hydrogen (secondary N) is 1. The molecule has 1 N–H and O–H groups in total. The summed E-state index contributed by atoms with van der Waals surface area (Å²) in [4.78, 5) is 26.9. The summed E-state index contributed by atoms with van der Waals surface area (Å²) in [5, 5.41) is 2.64. The van der Waals surface area contributed by atoms with Crippen LogP contribution in [0.2, 0.25) is 0 Å². The van der Waals surface area contributed by atoms with Crippen LogP contribution in [0.15, 0.2) is 54.2 Å². The van der Waals surface area contributed by atoms with Gasteiger partial charge in [-0.1, -0.05) is 35.9 Å². The van der Waals surface area contributed by atoms with Crippen LogP contribution in [0.5, 0.6) is 0 Å². The number of likely N-dealkylation sites (N-methyl/N-ethyl adjacent to an activating group) is 1. The summed E-state index contributed by atoms with van der Waals surface area (Å²) in [6, 6.07) is 13.1. The van der Waals surface area contributed by atoms with Crippen LogP contribution >= 0.6 is 0 Å². The third kappa shape index (κ3) is 4.79. The van der Waals surface area contributed by atoms with Crippen LogP contribution < -0.4 is 5.32 Å². The zero-order valence-corrected chi connectivity index (χ0v) is 15.3. The van der Waals surface area contributed by atoms with Crippen molar-refractivity contribution in [3.05, 3.63) is 76.7 Å². The molecule has 2 aromatic carbocycles. The number of halogens is 1. The molecule has 0 aliphatic carbocycles. The Labute approximate surface area is 153 Å². The van der Waals surface area contributed by atoms with E-state index in [4.69, 9.17) is 0 Å².